The van der Waals surface area contributed by atoms with Crippen LogP contribution in [0.5, 0.6) is 0 Å². The van der Waals surface area contributed by atoms with Gasteiger partial charge in [0.1, 0.15) is 5.08 Å². The van der Waals surface area contributed by atoms with Gasteiger partial charge in [0, 0.05) is 0 Å². The van der Waals surface area contributed by atoms with Crippen molar-refractivity contribution in [3.8, 4) is 0 Å². The predicted molar refractivity (Wildman–Crippen MR) is 25.8 cm³/mol. The molecule has 0 saturated heterocycles. The minimum Gasteiger partial charge on any atom is -0.808 e. The van der Waals surface area contributed by atoms with Gasteiger partial charge in [-0.1, -0.05) is 0 Å². The molecule has 0 rings (SSSR count). The number of rotatable bonds is 2. The molecule has 11 heteroatoms. The number of aliphatic hydroxyl groups is 1. The molecule has 13 heavy (non-hydrogen) atoms. The minimum atomic E-state index is -5.82. The third-order valence-electron chi connectivity index (χ3n) is 1.04. The first kappa shape index (κ1) is 19.8. The molecular weight excluding hydrogens is 325 g/mol. The van der Waals surface area contributed by atoms with Crippen LogP contribution in [0.15, 0.2) is 0 Å². The zero-order valence-electron chi connectivity index (χ0n) is 5.89. The van der Waals surface area contributed by atoms with Crippen LogP contribution in [0.25, 0.3) is 0 Å². The maximum Gasteiger partial charge on any atom is 2.00 e. The zero-order valence-corrected chi connectivity index (χ0v) is 9.57. The molecule has 0 saturated carbocycles. The van der Waals surface area contributed by atoms with Crippen molar-refractivity contribution in [2.75, 3.05) is 0 Å². The Hall–Kier alpha value is 1.30. The van der Waals surface area contributed by atoms with Crippen molar-refractivity contribution in [1.29, 1.82) is 0 Å². The van der Waals surface area contributed by atoms with Crippen molar-refractivity contribution in [3.63, 3.8) is 0 Å². The third kappa shape index (κ3) is 4.56. The first-order valence-electron chi connectivity index (χ1n) is 2.27. The molecular formula is C2H4Cu2O7P2. The summed E-state index contributed by atoms with van der Waals surface area (Å²) in [5, 5.41) is 4.68. The molecule has 0 aromatic carbocycles. The molecule has 0 spiro atoms. The van der Waals surface area contributed by atoms with Crippen LogP contribution >= 0.6 is 15.2 Å². The van der Waals surface area contributed by atoms with E-state index in [1.165, 1.54) is 0 Å². The Morgan fingerprint density at radius 1 is 1.00 bits per heavy atom. The Balaban J connectivity index is -0.000000500. The van der Waals surface area contributed by atoms with Gasteiger partial charge in [-0.2, -0.15) is 0 Å². The second kappa shape index (κ2) is 5.40. The molecule has 0 aromatic heterocycles. The summed E-state index contributed by atoms with van der Waals surface area (Å²) in [5.74, 6) is 0. The van der Waals surface area contributed by atoms with Crippen LogP contribution in [0.1, 0.15) is 6.92 Å². The van der Waals surface area contributed by atoms with Gasteiger partial charge in [-0.25, -0.2) is 0 Å². The van der Waals surface area contributed by atoms with E-state index in [4.69, 9.17) is 5.11 Å². The third-order valence-corrected chi connectivity index (χ3v) is 4.58. The van der Waals surface area contributed by atoms with Gasteiger partial charge in [-0.3, -0.25) is 0 Å². The quantitative estimate of drug-likeness (QED) is 0.408. The van der Waals surface area contributed by atoms with Gasteiger partial charge in [-0.05, 0) is 22.1 Å². The zero-order chi connectivity index (χ0) is 9.50. The van der Waals surface area contributed by atoms with Crippen LogP contribution in [0.3, 0.4) is 0 Å². The first-order chi connectivity index (χ1) is 4.50. The van der Waals surface area contributed by atoms with Gasteiger partial charge >= 0.3 is 34.1 Å². The van der Waals surface area contributed by atoms with E-state index in [0.29, 0.717) is 0 Å². The summed E-state index contributed by atoms with van der Waals surface area (Å²) < 4.78 is 19.9. The fraction of sp³-hybridized carbons (Fsp3) is 1.00. The van der Waals surface area contributed by atoms with Gasteiger partial charge in [0.05, 0.1) is 0 Å². The smallest absolute Gasteiger partial charge is 0.808 e. The molecule has 0 atom stereocenters. The Morgan fingerprint density at radius 3 is 1.15 bits per heavy atom. The Morgan fingerprint density at radius 2 is 1.15 bits per heavy atom. The van der Waals surface area contributed by atoms with Gasteiger partial charge in [0.2, 0.25) is 0 Å². The van der Waals surface area contributed by atoms with Crippen LogP contribution in [0.4, 0.5) is 0 Å². The van der Waals surface area contributed by atoms with Gasteiger partial charge in [0.25, 0.3) is 0 Å². The minimum absolute atomic E-state index is 0. The van der Waals surface area contributed by atoms with Crippen molar-refractivity contribution in [2.24, 2.45) is 0 Å². The van der Waals surface area contributed by atoms with E-state index in [1.807, 2.05) is 0 Å². The van der Waals surface area contributed by atoms with Crippen molar-refractivity contribution in [1.82, 2.24) is 0 Å². The normalized spacial score (nSPS) is 12.8. The fourth-order valence-electron chi connectivity index (χ4n) is 0.150. The fourth-order valence-corrected chi connectivity index (χ4v) is 1.35. The average Bonchev–Trinajstić information content (AvgIpc) is 1.58. The van der Waals surface area contributed by atoms with Crippen LogP contribution in [-0.4, -0.2) is 10.2 Å². The van der Waals surface area contributed by atoms with Crippen LogP contribution in [0, 0.1) is 0 Å². The molecule has 0 fully saturated rings. The molecule has 0 aromatic rings. The molecule has 1 N–H and O–H groups in total. The standard InChI is InChI=1S/C2H8O7P2.2Cu/c1-2(3,10(4,5)6)11(7,8)9;;/h3H,1H3,(H2,4,5,6)(H2,7,8,9);;/q;2*+2/p-4. The Labute approximate surface area is 95.2 Å². The summed E-state index contributed by atoms with van der Waals surface area (Å²) in [5.41, 5.74) is 0. The van der Waals surface area contributed by atoms with Gasteiger partial charge in [0.15, 0.2) is 0 Å². The van der Waals surface area contributed by atoms with E-state index in [9.17, 15) is 28.7 Å². The maximum absolute atomic E-state index is 9.95. The summed E-state index contributed by atoms with van der Waals surface area (Å²) in [6.07, 6.45) is 0. The van der Waals surface area contributed by atoms with E-state index in [2.05, 4.69) is 0 Å². The van der Waals surface area contributed by atoms with E-state index < -0.39 is 20.3 Å². The summed E-state index contributed by atoms with van der Waals surface area (Å²) in [7, 11) is -11.6. The maximum atomic E-state index is 9.95. The molecule has 0 aliphatic heterocycles. The van der Waals surface area contributed by atoms with E-state index >= 15 is 0 Å². The van der Waals surface area contributed by atoms with Crippen molar-refractivity contribution < 1.29 is 67.9 Å². The largest absolute Gasteiger partial charge is 2.00 e. The predicted octanol–water partition coefficient (Wildman–Crippen LogP) is -3.53. The monoisotopic (exact) mass is 328 g/mol. The summed E-state index contributed by atoms with van der Waals surface area (Å²) in [6.45, 7) is 0.133. The molecule has 0 aliphatic rings. The average molecular weight is 329 g/mol. The van der Waals surface area contributed by atoms with Gasteiger partial charge in [-0.15, -0.1) is 0 Å². The van der Waals surface area contributed by atoms with E-state index in [-0.39, 0.29) is 41.1 Å². The van der Waals surface area contributed by atoms with Crippen LogP contribution < -0.4 is 19.6 Å². The van der Waals surface area contributed by atoms with Crippen molar-refractivity contribution in [3.05, 3.63) is 0 Å². The second-order valence-electron chi connectivity index (χ2n) is 1.97. The first-order valence-corrected chi connectivity index (χ1v) is 5.35. The topological polar surface area (TPSA) is 147 Å². The number of hydrogen-bond acceptors (Lipinski definition) is 7. The second-order valence-corrected chi connectivity index (χ2v) is 6.05. The van der Waals surface area contributed by atoms with Gasteiger partial charge < -0.3 is 33.8 Å². The van der Waals surface area contributed by atoms with E-state index in [1.54, 1.807) is 0 Å². The Kier molecular flexibility index (Phi) is 8.23. The molecule has 0 unspecified atom stereocenters. The molecule has 2 radical (unpaired) electrons. The molecule has 0 amide bonds. The molecule has 0 heterocycles. The molecule has 0 bridgehead atoms. The number of hydrogen-bond donors (Lipinski definition) is 1. The summed E-state index contributed by atoms with van der Waals surface area (Å²) >= 11 is 0. The summed E-state index contributed by atoms with van der Waals surface area (Å²) in [6, 6.07) is 0. The van der Waals surface area contributed by atoms with Crippen molar-refractivity contribution in [2.45, 2.75) is 12.0 Å². The molecule has 86 valence electrons. The van der Waals surface area contributed by atoms with E-state index in [0.717, 1.165) is 0 Å². The van der Waals surface area contributed by atoms with Crippen molar-refractivity contribution >= 4 is 15.2 Å². The SMILES string of the molecule is CC(O)(P(=O)([O-])[O-])P(=O)([O-])[O-].[Cu+2].[Cu+2]. The summed E-state index contributed by atoms with van der Waals surface area (Å²) in [4.78, 5) is 39.8. The van der Waals surface area contributed by atoms with Crippen LogP contribution in [0.2, 0.25) is 0 Å². The molecule has 0 aliphatic carbocycles. The van der Waals surface area contributed by atoms with Crippen LogP contribution in [-0.2, 0) is 43.3 Å². The Bertz CT molecular complexity index is 215. The molecule has 7 nitrogen and oxygen atoms in total.